The Kier molecular flexibility index (Phi) is 8.80. The van der Waals surface area contributed by atoms with E-state index >= 15 is 0 Å². The van der Waals surface area contributed by atoms with Crippen molar-refractivity contribution >= 4 is 17.3 Å². The molecule has 0 spiro atoms. The average molecular weight is 448 g/mol. The molecule has 172 valence electrons. The number of carbonyl (C=O) groups is 1. The Morgan fingerprint density at radius 2 is 2.16 bits per heavy atom. The van der Waals surface area contributed by atoms with E-state index in [1.54, 1.807) is 24.1 Å². The highest BCUT2D eigenvalue weighted by molar-refractivity contribution is 6.14. The Morgan fingerprint density at radius 3 is 2.66 bits per heavy atom. The van der Waals surface area contributed by atoms with E-state index in [0.717, 1.165) is 11.6 Å². The molecule has 6 nitrogen and oxygen atoms in total. The lowest BCUT2D eigenvalue weighted by Gasteiger charge is -2.28. The highest BCUT2D eigenvalue weighted by Crippen LogP contribution is 2.24. The van der Waals surface area contributed by atoms with Crippen LogP contribution in [0.15, 0.2) is 71.2 Å². The van der Waals surface area contributed by atoms with Crippen LogP contribution in [-0.4, -0.2) is 41.0 Å². The van der Waals surface area contributed by atoms with Gasteiger partial charge in [0.2, 0.25) is 11.8 Å². The lowest BCUT2D eigenvalue weighted by atomic mass is 9.99. The van der Waals surface area contributed by atoms with E-state index in [0.29, 0.717) is 48.6 Å². The van der Waals surface area contributed by atoms with Crippen LogP contribution in [0.5, 0.6) is 5.88 Å². The van der Waals surface area contributed by atoms with E-state index in [2.05, 4.69) is 26.6 Å². The largest absolute Gasteiger partial charge is 0.574 e. The Hall–Kier alpha value is -3.36. The molecule has 0 saturated carbocycles. The summed E-state index contributed by atoms with van der Waals surface area (Å²) in [6, 6.07) is 2.59. The molecule has 1 N–H and O–H groups in total. The molecular formula is C23H27F3N4O2. The second kappa shape index (κ2) is 11.3. The first-order chi connectivity index (χ1) is 15.1. The summed E-state index contributed by atoms with van der Waals surface area (Å²) in [6.07, 6.45) is 5.14. The molecule has 0 radical (unpaired) electrons. The Balaban J connectivity index is 2.27. The molecule has 1 amide bonds. The van der Waals surface area contributed by atoms with Crippen molar-refractivity contribution in [3.05, 3.63) is 66.2 Å². The van der Waals surface area contributed by atoms with Crippen molar-refractivity contribution in [2.24, 2.45) is 4.99 Å². The maximum Gasteiger partial charge on any atom is 0.574 e. The number of nitrogens with one attached hydrogen (secondary N) is 1. The molecule has 0 aliphatic carbocycles. The first-order valence-corrected chi connectivity index (χ1v) is 10.2. The van der Waals surface area contributed by atoms with E-state index in [4.69, 9.17) is 0 Å². The normalized spacial score (nSPS) is 15.6. The van der Waals surface area contributed by atoms with E-state index in [9.17, 15) is 18.0 Å². The number of hydrogen-bond acceptors (Lipinski definition) is 5. The maximum absolute atomic E-state index is 12.4. The van der Waals surface area contributed by atoms with Gasteiger partial charge in [0, 0.05) is 30.9 Å². The monoisotopic (exact) mass is 448 g/mol. The van der Waals surface area contributed by atoms with Crippen LogP contribution in [0.4, 0.5) is 18.9 Å². The van der Waals surface area contributed by atoms with Crippen molar-refractivity contribution in [2.75, 3.05) is 18.4 Å². The van der Waals surface area contributed by atoms with E-state index in [-0.39, 0.29) is 5.91 Å². The summed E-state index contributed by atoms with van der Waals surface area (Å²) in [5.74, 6) is -0.619. The second-order valence-corrected chi connectivity index (χ2v) is 7.05. The molecule has 1 aliphatic heterocycles. The third-order valence-corrected chi connectivity index (χ3v) is 4.42. The first kappa shape index (κ1) is 24.9. The van der Waals surface area contributed by atoms with Gasteiger partial charge in [-0.05, 0) is 38.3 Å². The van der Waals surface area contributed by atoms with Crippen LogP contribution >= 0.6 is 0 Å². The number of aromatic nitrogens is 1. The SMILES string of the molecule is C=C(C)C(=O)N1CC=C(C(=N\C=C/C)/C(=C/CC)Nc2ccc(OC(F)(F)F)nc2)CC1. The molecule has 2 heterocycles. The van der Waals surface area contributed by atoms with Crippen LogP contribution in [0.25, 0.3) is 0 Å². The molecule has 1 aliphatic rings. The first-order valence-electron chi connectivity index (χ1n) is 10.2. The Morgan fingerprint density at radius 1 is 1.41 bits per heavy atom. The second-order valence-electron chi connectivity index (χ2n) is 7.05. The molecule has 0 aromatic carbocycles. The van der Waals surface area contributed by atoms with Gasteiger partial charge in [0.25, 0.3) is 0 Å². The van der Waals surface area contributed by atoms with Gasteiger partial charge >= 0.3 is 6.36 Å². The van der Waals surface area contributed by atoms with Gasteiger partial charge in [-0.15, -0.1) is 13.2 Å². The average Bonchev–Trinajstić information content (AvgIpc) is 2.74. The fourth-order valence-corrected chi connectivity index (χ4v) is 3.01. The zero-order valence-corrected chi connectivity index (χ0v) is 18.4. The van der Waals surface area contributed by atoms with Gasteiger partial charge in [-0.25, -0.2) is 4.98 Å². The molecule has 1 aromatic rings. The van der Waals surface area contributed by atoms with Crippen LogP contribution in [0.3, 0.4) is 0 Å². The molecule has 0 saturated heterocycles. The number of alkyl halides is 3. The standard InChI is InChI=1S/C23H27F3N4O2/c1-5-7-19(29-18-8-9-20(28-15-18)32-23(24,25)26)21(27-12-6-2)17-10-13-30(14-11-17)22(31)16(3)4/h6-10,12,15,29H,3,5,11,13-14H2,1-2,4H3/b12-6-,19-7-,27-21+. The van der Waals surface area contributed by atoms with Gasteiger partial charge in [-0.3, -0.25) is 9.79 Å². The molecule has 0 bridgehead atoms. The summed E-state index contributed by atoms with van der Waals surface area (Å²) in [5, 5.41) is 3.19. The zero-order valence-electron chi connectivity index (χ0n) is 18.4. The van der Waals surface area contributed by atoms with Crippen LogP contribution in [-0.2, 0) is 4.79 Å². The zero-order chi connectivity index (χ0) is 23.7. The summed E-state index contributed by atoms with van der Waals surface area (Å²) in [4.78, 5) is 22.2. The smallest absolute Gasteiger partial charge is 0.388 e. The number of rotatable bonds is 8. The number of halogens is 3. The Labute approximate surface area is 185 Å². The highest BCUT2D eigenvalue weighted by atomic mass is 19.4. The van der Waals surface area contributed by atoms with Crippen molar-refractivity contribution < 1.29 is 22.7 Å². The van der Waals surface area contributed by atoms with Gasteiger partial charge in [-0.1, -0.05) is 31.7 Å². The number of nitrogens with zero attached hydrogens (tertiary/aromatic N) is 3. The van der Waals surface area contributed by atoms with E-state index in [1.807, 2.05) is 26.0 Å². The lowest BCUT2D eigenvalue weighted by Crippen LogP contribution is -2.36. The topological polar surface area (TPSA) is 66.8 Å². The minimum atomic E-state index is -4.80. The van der Waals surface area contributed by atoms with Crippen molar-refractivity contribution in [1.29, 1.82) is 0 Å². The number of ether oxygens (including phenoxy) is 1. The number of hydrogen-bond donors (Lipinski definition) is 1. The van der Waals surface area contributed by atoms with Gasteiger partial charge in [0.05, 0.1) is 23.3 Å². The molecule has 0 fully saturated rings. The summed E-state index contributed by atoms with van der Waals surface area (Å²) in [7, 11) is 0. The molecule has 9 heteroatoms. The fraction of sp³-hybridized carbons (Fsp3) is 0.348. The number of anilines is 1. The summed E-state index contributed by atoms with van der Waals surface area (Å²) < 4.78 is 40.9. The van der Waals surface area contributed by atoms with Gasteiger partial charge in [0.15, 0.2) is 0 Å². The molecule has 1 aromatic heterocycles. The van der Waals surface area contributed by atoms with Crippen LogP contribution in [0, 0.1) is 0 Å². The quantitative estimate of drug-likeness (QED) is 0.427. The maximum atomic E-state index is 12.4. The molecule has 0 unspecified atom stereocenters. The van der Waals surface area contributed by atoms with Gasteiger partial charge in [-0.2, -0.15) is 0 Å². The number of aliphatic imine (C=N–C) groups is 1. The summed E-state index contributed by atoms with van der Waals surface area (Å²) >= 11 is 0. The number of amides is 1. The highest BCUT2D eigenvalue weighted by Gasteiger charge is 2.31. The van der Waals surface area contributed by atoms with Crippen LogP contribution in [0.1, 0.15) is 33.6 Å². The van der Waals surface area contributed by atoms with E-state index in [1.165, 1.54) is 12.3 Å². The predicted molar refractivity (Wildman–Crippen MR) is 119 cm³/mol. The summed E-state index contributed by atoms with van der Waals surface area (Å²) in [5.41, 5.74) is 3.34. The van der Waals surface area contributed by atoms with Crippen molar-refractivity contribution in [2.45, 2.75) is 40.0 Å². The minimum Gasteiger partial charge on any atom is -0.388 e. The molecule has 32 heavy (non-hydrogen) atoms. The molecular weight excluding hydrogens is 421 g/mol. The summed E-state index contributed by atoms with van der Waals surface area (Å²) in [6.45, 7) is 10.2. The fourth-order valence-electron chi connectivity index (χ4n) is 3.01. The van der Waals surface area contributed by atoms with E-state index < -0.39 is 12.2 Å². The van der Waals surface area contributed by atoms with Crippen LogP contribution in [0.2, 0.25) is 0 Å². The third kappa shape index (κ3) is 7.40. The van der Waals surface area contributed by atoms with Gasteiger partial charge < -0.3 is 15.0 Å². The van der Waals surface area contributed by atoms with Crippen molar-refractivity contribution in [3.63, 3.8) is 0 Å². The van der Waals surface area contributed by atoms with Gasteiger partial charge in [0.1, 0.15) is 0 Å². The van der Waals surface area contributed by atoms with Crippen molar-refractivity contribution in [3.8, 4) is 5.88 Å². The number of allylic oxidation sites excluding steroid dienone is 3. The van der Waals surface area contributed by atoms with Crippen molar-refractivity contribution in [1.82, 2.24) is 9.88 Å². The Bertz CT molecular complexity index is 945. The van der Waals surface area contributed by atoms with Crippen LogP contribution < -0.4 is 10.1 Å². The number of carbonyl (C=O) groups excluding carboxylic acids is 1. The minimum absolute atomic E-state index is 0.0815. The molecule has 0 atom stereocenters. The third-order valence-electron chi connectivity index (χ3n) is 4.42. The predicted octanol–water partition coefficient (Wildman–Crippen LogP) is 5.40. The number of pyridine rings is 1. The lowest BCUT2D eigenvalue weighted by molar-refractivity contribution is -0.276. The molecule has 2 rings (SSSR count).